The predicted octanol–water partition coefficient (Wildman–Crippen LogP) is 3.62. The molecule has 2 aromatic rings. The average Bonchev–Trinajstić information content (AvgIpc) is 2.56. The molecule has 0 aliphatic carbocycles. The van der Waals surface area contributed by atoms with Crippen molar-refractivity contribution in [3.63, 3.8) is 0 Å². The number of methoxy groups -OCH3 is 2. The molecule has 2 aromatic carbocycles. The largest absolute Gasteiger partial charge is 0.496 e. The summed E-state index contributed by atoms with van der Waals surface area (Å²) >= 11 is 5.98. The summed E-state index contributed by atoms with van der Waals surface area (Å²) in [6.45, 7) is 1.84. The van der Waals surface area contributed by atoms with Crippen LogP contribution in [-0.2, 0) is 16.0 Å². The molecule has 1 amide bonds. The Morgan fingerprint density at radius 1 is 1.12 bits per heavy atom. The zero-order valence-corrected chi connectivity index (χ0v) is 14.4. The monoisotopic (exact) mass is 347 g/mol. The number of anilines is 1. The van der Waals surface area contributed by atoms with Crippen molar-refractivity contribution in [2.75, 3.05) is 19.5 Å². The summed E-state index contributed by atoms with van der Waals surface area (Å²) in [5, 5.41) is 3.33. The van der Waals surface area contributed by atoms with Crippen LogP contribution in [0.4, 0.5) is 5.69 Å². The Bertz CT molecular complexity index is 774. The Balaban J connectivity index is 2.18. The molecule has 0 aliphatic heterocycles. The summed E-state index contributed by atoms with van der Waals surface area (Å²) in [5.41, 5.74) is 2.46. The van der Waals surface area contributed by atoms with Crippen molar-refractivity contribution in [1.82, 2.24) is 0 Å². The van der Waals surface area contributed by atoms with Crippen LogP contribution >= 0.6 is 11.6 Å². The summed E-state index contributed by atoms with van der Waals surface area (Å²) in [6.07, 6.45) is 0.103. The molecule has 0 atom stereocenters. The molecule has 0 bridgehead atoms. The highest BCUT2D eigenvalue weighted by Crippen LogP contribution is 2.24. The molecular formula is C18H18ClNO4. The van der Waals surface area contributed by atoms with Crippen LogP contribution in [0.25, 0.3) is 0 Å². The molecule has 0 unspecified atom stereocenters. The van der Waals surface area contributed by atoms with E-state index in [0.29, 0.717) is 27.6 Å². The van der Waals surface area contributed by atoms with Gasteiger partial charge in [0.05, 0.1) is 26.2 Å². The quantitative estimate of drug-likeness (QED) is 0.839. The lowest BCUT2D eigenvalue weighted by Gasteiger charge is -2.12. The summed E-state index contributed by atoms with van der Waals surface area (Å²) < 4.78 is 9.93. The second-order valence-electron chi connectivity index (χ2n) is 5.20. The van der Waals surface area contributed by atoms with Gasteiger partial charge in [0.25, 0.3) is 0 Å². The first-order chi connectivity index (χ1) is 11.4. The van der Waals surface area contributed by atoms with Gasteiger partial charge in [0.15, 0.2) is 0 Å². The van der Waals surface area contributed by atoms with Gasteiger partial charge in [-0.05, 0) is 42.8 Å². The molecule has 24 heavy (non-hydrogen) atoms. The summed E-state index contributed by atoms with van der Waals surface area (Å²) in [6, 6.07) is 10.1. The highest BCUT2D eigenvalue weighted by molar-refractivity contribution is 6.30. The molecule has 0 saturated carbocycles. The van der Waals surface area contributed by atoms with Gasteiger partial charge in [-0.15, -0.1) is 0 Å². The lowest BCUT2D eigenvalue weighted by molar-refractivity contribution is -0.115. The number of rotatable bonds is 5. The van der Waals surface area contributed by atoms with E-state index in [9.17, 15) is 9.59 Å². The van der Waals surface area contributed by atoms with Gasteiger partial charge >= 0.3 is 5.97 Å². The Labute approximate surface area is 145 Å². The minimum absolute atomic E-state index is 0.103. The normalized spacial score (nSPS) is 10.2. The Morgan fingerprint density at radius 2 is 1.88 bits per heavy atom. The molecule has 0 saturated heterocycles. The van der Waals surface area contributed by atoms with Crippen LogP contribution in [0, 0.1) is 6.92 Å². The molecular weight excluding hydrogens is 330 g/mol. The molecule has 0 aliphatic rings. The van der Waals surface area contributed by atoms with Gasteiger partial charge < -0.3 is 14.8 Å². The minimum Gasteiger partial charge on any atom is -0.496 e. The van der Waals surface area contributed by atoms with Gasteiger partial charge in [-0.2, -0.15) is 0 Å². The number of carbonyl (C=O) groups is 2. The minimum atomic E-state index is -0.456. The molecule has 0 heterocycles. The third-order valence-corrected chi connectivity index (χ3v) is 3.76. The topological polar surface area (TPSA) is 64.6 Å². The van der Waals surface area contributed by atoms with E-state index in [1.165, 1.54) is 14.2 Å². The molecule has 0 radical (unpaired) electrons. The fourth-order valence-electron chi connectivity index (χ4n) is 2.25. The summed E-state index contributed by atoms with van der Waals surface area (Å²) in [4.78, 5) is 23.9. The average molecular weight is 348 g/mol. The summed E-state index contributed by atoms with van der Waals surface area (Å²) in [7, 11) is 2.85. The van der Waals surface area contributed by atoms with Crippen molar-refractivity contribution in [2.24, 2.45) is 0 Å². The molecule has 5 nitrogen and oxygen atoms in total. The Morgan fingerprint density at radius 3 is 2.54 bits per heavy atom. The van der Waals surface area contributed by atoms with E-state index in [1.54, 1.807) is 36.4 Å². The van der Waals surface area contributed by atoms with E-state index in [-0.39, 0.29) is 12.3 Å². The number of ether oxygens (including phenoxy) is 2. The van der Waals surface area contributed by atoms with E-state index in [1.807, 2.05) is 6.92 Å². The zero-order valence-electron chi connectivity index (χ0n) is 13.7. The van der Waals surface area contributed by atoms with Crippen LogP contribution in [0.1, 0.15) is 21.5 Å². The van der Waals surface area contributed by atoms with Crippen molar-refractivity contribution in [3.8, 4) is 5.75 Å². The van der Waals surface area contributed by atoms with Crippen molar-refractivity contribution in [1.29, 1.82) is 0 Å². The van der Waals surface area contributed by atoms with Crippen LogP contribution in [-0.4, -0.2) is 26.1 Å². The van der Waals surface area contributed by atoms with Crippen LogP contribution < -0.4 is 10.1 Å². The number of esters is 1. The second kappa shape index (κ2) is 7.84. The number of hydrogen-bond donors (Lipinski definition) is 1. The van der Waals surface area contributed by atoms with Crippen LogP contribution in [0.3, 0.4) is 0 Å². The van der Waals surface area contributed by atoms with Gasteiger partial charge in [0.1, 0.15) is 5.75 Å². The fraction of sp³-hybridized carbons (Fsp3) is 0.222. The maximum atomic E-state index is 12.3. The maximum absolute atomic E-state index is 12.3. The van der Waals surface area contributed by atoms with Crippen molar-refractivity contribution >= 4 is 29.2 Å². The number of benzene rings is 2. The van der Waals surface area contributed by atoms with E-state index in [4.69, 9.17) is 21.1 Å². The van der Waals surface area contributed by atoms with E-state index in [0.717, 1.165) is 5.56 Å². The zero-order chi connectivity index (χ0) is 17.7. The lowest BCUT2D eigenvalue weighted by Crippen LogP contribution is -2.16. The molecule has 6 heteroatoms. The standard InChI is InChI=1S/C18H18ClNO4/c1-11-4-5-12(18(22)24-3)9-15(11)20-17(21)10-13-8-14(19)6-7-16(13)23-2/h4-9H,10H2,1-3H3,(H,20,21). The number of aryl methyl sites for hydroxylation is 1. The van der Waals surface area contributed by atoms with Gasteiger partial charge in [0.2, 0.25) is 5.91 Å². The van der Waals surface area contributed by atoms with E-state index >= 15 is 0 Å². The first-order valence-corrected chi connectivity index (χ1v) is 7.63. The first-order valence-electron chi connectivity index (χ1n) is 7.26. The molecule has 126 valence electrons. The van der Waals surface area contributed by atoms with Crippen LogP contribution in [0.5, 0.6) is 5.75 Å². The van der Waals surface area contributed by atoms with Crippen molar-refractivity contribution < 1.29 is 19.1 Å². The maximum Gasteiger partial charge on any atom is 0.337 e. The number of hydrogen-bond acceptors (Lipinski definition) is 4. The first kappa shape index (κ1) is 17.8. The molecule has 0 aromatic heterocycles. The molecule has 2 rings (SSSR count). The second-order valence-corrected chi connectivity index (χ2v) is 5.64. The lowest BCUT2D eigenvalue weighted by atomic mass is 10.1. The predicted molar refractivity (Wildman–Crippen MR) is 92.9 cm³/mol. The number of halogens is 1. The van der Waals surface area contributed by atoms with Crippen molar-refractivity contribution in [3.05, 3.63) is 58.1 Å². The van der Waals surface area contributed by atoms with Gasteiger partial charge in [-0.1, -0.05) is 17.7 Å². The molecule has 0 fully saturated rings. The molecule has 1 N–H and O–H groups in total. The Hall–Kier alpha value is -2.53. The van der Waals surface area contributed by atoms with Gasteiger partial charge in [0, 0.05) is 16.3 Å². The highest BCUT2D eigenvalue weighted by Gasteiger charge is 2.13. The van der Waals surface area contributed by atoms with Crippen LogP contribution in [0.2, 0.25) is 5.02 Å². The fourth-order valence-corrected chi connectivity index (χ4v) is 2.45. The van der Waals surface area contributed by atoms with E-state index < -0.39 is 5.97 Å². The number of carbonyl (C=O) groups excluding carboxylic acids is 2. The van der Waals surface area contributed by atoms with Gasteiger partial charge in [-0.25, -0.2) is 4.79 Å². The van der Waals surface area contributed by atoms with Crippen LogP contribution in [0.15, 0.2) is 36.4 Å². The number of nitrogens with one attached hydrogen (secondary N) is 1. The van der Waals surface area contributed by atoms with Gasteiger partial charge in [-0.3, -0.25) is 4.79 Å². The highest BCUT2D eigenvalue weighted by atomic mass is 35.5. The third-order valence-electron chi connectivity index (χ3n) is 3.53. The summed E-state index contributed by atoms with van der Waals surface area (Å²) in [5.74, 6) is -0.0997. The third kappa shape index (κ3) is 4.26. The SMILES string of the molecule is COC(=O)c1ccc(C)c(NC(=O)Cc2cc(Cl)ccc2OC)c1. The molecule has 0 spiro atoms. The van der Waals surface area contributed by atoms with Crippen molar-refractivity contribution in [2.45, 2.75) is 13.3 Å². The van der Waals surface area contributed by atoms with E-state index in [2.05, 4.69) is 5.32 Å². The smallest absolute Gasteiger partial charge is 0.337 e. The number of amides is 1. The Kier molecular flexibility index (Phi) is 5.82.